The van der Waals surface area contributed by atoms with Crippen LogP contribution < -0.4 is 16.6 Å². The average molecular weight is 364 g/mol. The van der Waals surface area contributed by atoms with Gasteiger partial charge in [0.25, 0.3) is 5.56 Å². The number of aromatic nitrogens is 1. The number of amides is 1. The Hall–Kier alpha value is -1.92. The topological polar surface area (TPSA) is 77.1 Å². The smallest absolute Gasteiger partial charge is 0.264 e. The number of halogens is 1. The van der Waals surface area contributed by atoms with Crippen LogP contribution in [0.25, 0.3) is 0 Å². The summed E-state index contributed by atoms with van der Waals surface area (Å²) in [5.74, 6) is -0.597. The van der Waals surface area contributed by atoms with Gasteiger partial charge in [0.05, 0.1) is 16.1 Å². The summed E-state index contributed by atoms with van der Waals surface area (Å²) in [5, 5.41) is 2.79. The molecule has 3 N–H and O–H groups in total. The summed E-state index contributed by atoms with van der Waals surface area (Å²) < 4.78 is 1.80. The second kappa shape index (κ2) is 6.89. The minimum absolute atomic E-state index is 0.160. The van der Waals surface area contributed by atoms with Crippen molar-refractivity contribution in [3.05, 3.63) is 63.0 Å². The van der Waals surface area contributed by atoms with Gasteiger partial charge in [-0.15, -0.1) is 0 Å². The second-order valence-corrected chi connectivity index (χ2v) is 6.06. The molecule has 1 heterocycles. The van der Waals surface area contributed by atoms with Crippen LogP contribution in [-0.2, 0) is 11.8 Å². The number of carbonyl (C=O) groups is 1. The fraction of sp³-hybridized carbons (Fsp3) is 0.250. The Morgan fingerprint density at radius 2 is 1.95 bits per heavy atom. The van der Waals surface area contributed by atoms with Gasteiger partial charge in [-0.05, 0) is 27.6 Å². The van der Waals surface area contributed by atoms with E-state index in [1.807, 2.05) is 30.3 Å². The number of anilines is 1. The molecule has 0 fully saturated rings. The zero-order valence-corrected chi connectivity index (χ0v) is 14.0. The predicted molar refractivity (Wildman–Crippen MR) is 90.5 cm³/mol. The maximum absolute atomic E-state index is 12.3. The van der Waals surface area contributed by atoms with Crippen molar-refractivity contribution >= 4 is 27.5 Å². The molecular weight excluding hydrogens is 346 g/mol. The highest BCUT2D eigenvalue weighted by Gasteiger charge is 2.22. The van der Waals surface area contributed by atoms with Crippen LogP contribution in [0.3, 0.4) is 0 Å². The molecule has 0 radical (unpaired) electrons. The van der Waals surface area contributed by atoms with Crippen molar-refractivity contribution in [2.75, 3.05) is 5.32 Å². The molecule has 116 valence electrons. The molecule has 0 saturated heterocycles. The Bertz CT molecular complexity index is 702. The Labute approximate surface area is 137 Å². The third-order valence-electron chi connectivity index (χ3n) is 3.54. The van der Waals surface area contributed by atoms with E-state index in [-0.39, 0.29) is 11.5 Å². The number of nitrogens with one attached hydrogen (secondary N) is 1. The van der Waals surface area contributed by atoms with Gasteiger partial charge < -0.3 is 15.6 Å². The molecule has 2 unspecified atom stereocenters. The Kier molecular flexibility index (Phi) is 5.15. The Balaban J connectivity index is 2.13. The molecule has 2 atom stereocenters. The van der Waals surface area contributed by atoms with Gasteiger partial charge in [-0.25, -0.2) is 0 Å². The summed E-state index contributed by atoms with van der Waals surface area (Å²) in [6.45, 7) is 1.78. The summed E-state index contributed by atoms with van der Waals surface area (Å²) >= 11 is 3.18. The van der Waals surface area contributed by atoms with Crippen molar-refractivity contribution in [1.82, 2.24) is 4.57 Å². The number of carbonyl (C=O) groups excluding carboxylic acids is 1. The highest BCUT2D eigenvalue weighted by atomic mass is 79.9. The number of rotatable bonds is 4. The van der Waals surface area contributed by atoms with E-state index < -0.39 is 12.0 Å². The first-order chi connectivity index (χ1) is 10.4. The largest absolute Gasteiger partial charge is 0.324 e. The van der Waals surface area contributed by atoms with Crippen molar-refractivity contribution in [3.8, 4) is 0 Å². The molecule has 1 amide bonds. The average Bonchev–Trinajstić information content (AvgIpc) is 2.51. The monoisotopic (exact) mass is 363 g/mol. The van der Waals surface area contributed by atoms with Crippen LogP contribution in [0.4, 0.5) is 5.69 Å². The van der Waals surface area contributed by atoms with E-state index >= 15 is 0 Å². The Morgan fingerprint density at radius 3 is 2.55 bits per heavy atom. The van der Waals surface area contributed by atoms with Crippen LogP contribution in [0.5, 0.6) is 0 Å². The van der Waals surface area contributed by atoms with Gasteiger partial charge in [-0.1, -0.05) is 37.3 Å². The van der Waals surface area contributed by atoms with E-state index in [4.69, 9.17) is 5.73 Å². The lowest BCUT2D eigenvalue weighted by atomic mass is 9.94. The van der Waals surface area contributed by atoms with Gasteiger partial charge in [0.1, 0.15) is 0 Å². The first-order valence-electron chi connectivity index (χ1n) is 6.87. The van der Waals surface area contributed by atoms with Gasteiger partial charge in [-0.2, -0.15) is 0 Å². The van der Waals surface area contributed by atoms with Crippen molar-refractivity contribution in [3.63, 3.8) is 0 Å². The van der Waals surface area contributed by atoms with Crippen LogP contribution in [0.2, 0.25) is 0 Å². The Morgan fingerprint density at radius 1 is 1.32 bits per heavy atom. The van der Waals surface area contributed by atoms with Crippen LogP contribution in [0.15, 0.2) is 51.9 Å². The molecule has 22 heavy (non-hydrogen) atoms. The number of nitrogens with two attached hydrogens (primary N) is 1. The van der Waals surface area contributed by atoms with E-state index in [1.54, 1.807) is 26.2 Å². The standard InChI is InChI=1S/C16H18BrN3O2/c1-10(14(18)11-6-4-3-5-7-11)15(21)19-12-8-13(17)16(22)20(2)9-12/h3-10,14H,18H2,1-2H3,(H,19,21). The number of hydrogen-bond donors (Lipinski definition) is 2. The minimum atomic E-state index is -0.404. The van der Waals surface area contributed by atoms with Gasteiger partial charge in [0.2, 0.25) is 5.91 Å². The van der Waals surface area contributed by atoms with Crippen molar-refractivity contribution in [2.45, 2.75) is 13.0 Å². The lowest BCUT2D eigenvalue weighted by Crippen LogP contribution is -2.31. The zero-order chi connectivity index (χ0) is 16.3. The maximum atomic E-state index is 12.3. The molecule has 0 bridgehead atoms. The summed E-state index contributed by atoms with van der Waals surface area (Å²) in [4.78, 5) is 24.0. The van der Waals surface area contributed by atoms with E-state index in [0.717, 1.165) is 5.56 Å². The summed E-state index contributed by atoms with van der Waals surface area (Å²) in [7, 11) is 1.63. The lowest BCUT2D eigenvalue weighted by Gasteiger charge is -2.20. The molecule has 0 spiro atoms. The van der Waals surface area contributed by atoms with Gasteiger partial charge in [0, 0.05) is 19.3 Å². The highest BCUT2D eigenvalue weighted by Crippen LogP contribution is 2.21. The lowest BCUT2D eigenvalue weighted by molar-refractivity contribution is -0.120. The first-order valence-corrected chi connectivity index (χ1v) is 7.67. The fourth-order valence-corrected chi connectivity index (χ4v) is 2.65. The molecule has 1 aromatic heterocycles. The van der Waals surface area contributed by atoms with Crippen LogP contribution >= 0.6 is 15.9 Å². The number of benzene rings is 1. The maximum Gasteiger partial charge on any atom is 0.264 e. The highest BCUT2D eigenvalue weighted by molar-refractivity contribution is 9.10. The number of aryl methyl sites for hydroxylation is 1. The second-order valence-electron chi connectivity index (χ2n) is 5.21. The SMILES string of the molecule is CC(C(=O)Nc1cc(Br)c(=O)n(C)c1)C(N)c1ccccc1. The normalized spacial score (nSPS) is 13.5. The van der Waals surface area contributed by atoms with Gasteiger partial charge >= 0.3 is 0 Å². The number of hydrogen-bond acceptors (Lipinski definition) is 3. The van der Waals surface area contributed by atoms with Crippen molar-refractivity contribution < 1.29 is 4.79 Å². The molecule has 6 heteroatoms. The molecule has 0 aliphatic heterocycles. The fourth-order valence-electron chi connectivity index (χ4n) is 2.12. The van der Waals surface area contributed by atoms with Crippen LogP contribution in [0.1, 0.15) is 18.5 Å². The van der Waals surface area contributed by atoms with E-state index in [1.165, 1.54) is 4.57 Å². The van der Waals surface area contributed by atoms with Crippen molar-refractivity contribution in [1.29, 1.82) is 0 Å². The third kappa shape index (κ3) is 3.64. The molecule has 1 aromatic carbocycles. The number of nitrogens with zero attached hydrogens (tertiary/aromatic N) is 1. The summed E-state index contributed by atoms with van der Waals surface area (Å²) in [5.41, 5.74) is 7.45. The van der Waals surface area contributed by atoms with Crippen LogP contribution in [-0.4, -0.2) is 10.5 Å². The molecule has 0 aliphatic carbocycles. The van der Waals surface area contributed by atoms with Crippen LogP contribution in [0, 0.1) is 5.92 Å². The molecule has 0 aliphatic rings. The zero-order valence-electron chi connectivity index (χ0n) is 12.4. The third-order valence-corrected chi connectivity index (χ3v) is 4.11. The first kappa shape index (κ1) is 16.5. The van der Waals surface area contributed by atoms with Gasteiger partial charge in [0.15, 0.2) is 0 Å². The molecule has 5 nitrogen and oxygen atoms in total. The number of pyridine rings is 1. The molecular formula is C16H18BrN3O2. The minimum Gasteiger partial charge on any atom is -0.324 e. The molecule has 2 aromatic rings. The predicted octanol–water partition coefficient (Wildman–Crippen LogP) is 2.42. The quantitative estimate of drug-likeness (QED) is 0.875. The van der Waals surface area contributed by atoms with E-state index in [0.29, 0.717) is 10.2 Å². The van der Waals surface area contributed by atoms with E-state index in [9.17, 15) is 9.59 Å². The van der Waals surface area contributed by atoms with Crippen molar-refractivity contribution in [2.24, 2.45) is 18.7 Å². The van der Waals surface area contributed by atoms with E-state index in [2.05, 4.69) is 21.2 Å². The van der Waals surface area contributed by atoms with Gasteiger partial charge in [-0.3, -0.25) is 9.59 Å². The summed E-state index contributed by atoms with van der Waals surface area (Å²) in [6, 6.07) is 10.7. The molecule has 2 rings (SSSR count). The summed E-state index contributed by atoms with van der Waals surface area (Å²) in [6.07, 6.45) is 1.58. The molecule has 0 saturated carbocycles.